The molecule has 33 heteroatoms. The summed E-state index contributed by atoms with van der Waals surface area (Å²) in [5, 5.41) is 64.8. The van der Waals surface area contributed by atoms with E-state index in [1.807, 2.05) is 55.4 Å². The number of guanidine groups is 4. The van der Waals surface area contributed by atoms with Gasteiger partial charge in [-0.25, -0.2) is 0 Å². The van der Waals surface area contributed by atoms with Gasteiger partial charge in [-0.1, -0.05) is 82.1 Å². The molecule has 0 aromatic carbocycles. The van der Waals surface area contributed by atoms with E-state index in [0.29, 0.717) is 19.3 Å². The summed E-state index contributed by atoms with van der Waals surface area (Å²) in [6.07, 6.45) is -0.138. The maximum atomic E-state index is 15.0. The highest BCUT2D eigenvalue weighted by atomic mass is 16.4. The van der Waals surface area contributed by atoms with Crippen molar-refractivity contribution in [3.05, 3.63) is 0 Å². The molecular weight excluding hydrogens is 1340 g/mol. The fraction of sp³-hybridized carbons (Fsp3) is 0.761. The molecule has 104 heavy (non-hydrogen) atoms. The summed E-state index contributed by atoms with van der Waals surface area (Å²) in [6, 6.07) is -4.89. The molecule has 0 aromatic heterocycles. The molecule has 6 amide bonds. The van der Waals surface area contributed by atoms with E-state index in [1.165, 1.54) is 6.92 Å². The van der Waals surface area contributed by atoms with Gasteiger partial charge in [0.25, 0.3) is 0 Å². The number of amides is 6. The third-order valence-corrected chi connectivity index (χ3v) is 18.3. The molecule has 0 saturated carbocycles. The van der Waals surface area contributed by atoms with Crippen LogP contribution in [-0.2, 0) is 62.3 Å². The van der Waals surface area contributed by atoms with Crippen LogP contribution in [0.1, 0.15) is 217 Å². The van der Waals surface area contributed by atoms with Crippen LogP contribution in [0.25, 0.3) is 0 Å². The molecule has 0 fully saturated rings. The average molecular weight is 1470 g/mol. The van der Waals surface area contributed by atoms with Gasteiger partial charge in [-0.05, 0) is 120 Å². The predicted octanol–water partition coefficient (Wildman–Crippen LogP) is 1.87. The second kappa shape index (κ2) is 52.3. The molecule has 0 heterocycles. The first-order valence-corrected chi connectivity index (χ1v) is 36.9. The maximum absolute atomic E-state index is 15.0. The molecule has 592 valence electrons. The molecule has 33 nitrogen and oxygen atoms in total. The van der Waals surface area contributed by atoms with Gasteiger partial charge in [0.2, 0.25) is 35.4 Å². The zero-order valence-electron chi connectivity index (χ0n) is 63.4. The number of carbonyl (C=O) groups is 13. The van der Waals surface area contributed by atoms with Gasteiger partial charge in [-0.2, -0.15) is 0 Å². The van der Waals surface area contributed by atoms with Crippen LogP contribution in [0.4, 0.5) is 0 Å². The molecule has 0 aliphatic carbocycles. The van der Waals surface area contributed by atoms with Crippen LogP contribution in [0, 0.1) is 86.7 Å². The number of hydrogen-bond acceptors (Lipinski definition) is 18. The monoisotopic (exact) mass is 1470 g/mol. The topological polar surface area (TPSA) is 602 Å². The van der Waals surface area contributed by atoms with Crippen molar-refractivity contribution in [2.24, 2.45) is 99.5 Å². The van der Waals surface area contributed by atoms with Gasteiger partial charge in [-0.15, -0.1) is 0 Å². The molecule has 0 aliphatic rings. The summed E-state index contributed by atoms with van der Waals surface area (Å²) in [6.45, 7) is 18.2. The predicted molar refractivity (Wildman–Crippen MR) is 398 cm³/mol. The van der Waals surface area contributed by atoms with Crippen LogP contribution in [0.2, 0.25) is 0 Å². The first kappa shape index (κ1) is 95.3. The molecule has 0 aromatic rings. The number of rotatable bonds is 60. The van der Waals surface area contributed by atoms with Crippen molar-refractivity contribution in [1.29, 1.82) is 21.6 Å². The fourth-order valence-electron chi connectivity index (χ4n) is 12.0. The zero-order chi connectivity index (χ0) is 79.3. The van der Waals surface area contributed by atoms with Gasteiger partial charge in [0.05, 0.1) is 30.7 Å². The molecule has 0 unspecified atom stereocenters. The summed E-state index contributed by atoms with van der Waals surface area (Å²) in [5.74, 6) is -16.7. The van der Waals surface area contributed by atoms with Crippen molar-refractivity contribution in [2.45, 2.75) is 241 Å². The Balaban J connectivity index is 7.51. The summed E-state index contributed by atoms with van der Waals surface area (Å²) < 4.78 is 0. The number of carboxylic acids is 1. The minimum atomic E-state index is -1.34. The van der Waals surface area contributed by atoms with Crippen molar-refractivity contribution in [1.82, 2.24) is 47.9 Å². The van der Waals surface area contributed by atoms with E-state index in [0.717, 1.165) is 0 Å². The number of carbonyl (C=O) groups excluding carboxylic acids is 12. The van der Waals surface area contributed by atoms with Crippen LogP contribution in [0.15, 0.2) is 0 Å². The number of nitrogens with one attached hydrogen (secondary N) is 13. The number of Topliss-reactive ketones (excluding diaryl/α,β-unsaturated/α-hetero) is 6. The van der Waals surface area contributed by atoms with E-state index in [9.17, 15) is 67.4 Å². The Kier molecular flexibility index (Phi) is 48.0. The van der Waals surface area contributed by atoms with Crippen molar-refractivity contribution in [3.63, 3.8) is 0 Å². The van der Waals surface area contributed by atoms with E-state index in [1.54, 1.807) is 6.92 Å². The Morgan fingerprint density at radius 2 is 0.712 bits per heavy atom. The second-order valence-corrected chi connectivity index (χ2v) is 29.1. The van der Waals surface area contributed by atoms with Crippen LogP contribution < -0.4 is 82.3 Å². The fourth-order valence-corrected chi connectivity index (χ4v) is 12.0. The highest BCUT2D eigenvalue weighted by Gasteiger charge is 2.37. The van der Waals surface area contributed by atoms with Gasteiger partial charge in [-0.3, -0.25) is 84.0 Å². The smallest absolute Gasteiger partial charge is 0.303 e. The Morgan fingerprint density at radius 3 is 1.08 bits per heavy atom. The van der Waals surface area contributed by atoms with E-state index < -0.39 is 168 Å². The van der Waals surface area contributed by atoms with Crippen LogP contribution in [0.5, 0.6) is 0 Å². The number of carboxylic acid groups (broad SMARTS) is 1. The largest absolute Gasteiger partial charge is 0.481 e. The zero-order valence-corrected chi connectivity index (χ0v) is 63.4. The number of nitrogens with two attached hydrogens (primary N) is 6. The van der Waals surface area contributed by atoms with Gasteiger partial charge in [0.15, 0.2) is 52.8 Å². The lowest BCUT2D eigenvalue weighted by atomic mass is 9.84. The minimum absolute atomic E-state index is 0.00968. The van der Waals surface area contributed by atoms with E-state index in [-0.39, 0.29) is 189 Å². The van der Waals surface area contributed by atoms with Crippen molar-refractivity contribution < 1.29 is 67.4 Å². The summed E-state index contributed by atoms with van der Waals surface area (Å²) >= 11 is 0. The second-order valence-electron chi connectivity index (χ2n) is 29.1. The van der Waals surface area contributed by atoms with Gasteiger partial charge < -0.3 is 87.4 Å². The molecule has 26 N–H and O–H groups in total. The first-order valence-electron chi connectivity index (χ1n) is 36.9. The standard InChI is InChI=1S/C71H129N19O14/c1-11-43(8)45(10)56(92)35-48(23-24-61(97)98)63(100)86-39-51(91)34-49(30-40(2)3)66(103)89-53(21-16-28-84-70(78)79)58(94)36-46(18-12-13-25-72)64(101)87-52(20-15-27-83-69(76)77)59(95)37-47(19-14-26-82-68(74)75)65(102)88-54(22-17-29-85-71(80)81)60(96)38-50(31-41(4)5)67(104)90-55(32-42(6)7)57(93)33-44(9)62(73)99/h40-50,52-55H,11-39,72H2,1-10H3,(H2,73,99)(H,86,100)(H,87,101)(H,88,102)(H,89,103)(H,90,104)(H,97,98)(H4,74,75,82)(H4,76,77,83)(H4,78,79,84)(H4,80,81,85)/t43-,44+,45-,46+,47+,48+,49+,50+,52-,53-,54-,55-/m0/s1. The number of hydrogen-bond donors (Lipinski definition) is 20. The highest BCUT2D eigenvalue weighted by Crippen LogP contribution is 2.26. The Morgan fingerprint density at radius 1 is 0.375 bits per heavy atom. The number of ketones is 6. The van der Waals surface area contributed by atoms with Crippen molar-refractivity contribution >= 4 is 100.0 Å². The Labute approximate surface area is 614 Å². The number of aliphatic carboxylic acids is 1. The molecule has 0 aliphatic heterocycles. The molecule has 0 radical (unpaired) electrons. The third-order valence-electron chi connectivity index (χ3n) is 18.3. The third kappa shape index (κ3) is 42.8. The Hall–Kier alpha value is -8.65. The lowest BCUT2D eigenvalue weighted by Gasteiger charge is -2.27. The lowest BCUT2D eigenvalue weighted by molar-refractivity contribution is -0.139. The molecule has 0 spiro atoms. The highest BCUT2D eigenvalue weighted by molar-refractivity contribution is 5.99. The lowest BCUT2D eigenvalue weighted by Crippen LogP contribution is -2.49. The minimum Gasteiger partial charge on any atom is -0.481 e. The van der Waals surface area contributed by atoms with E-state index >= 15 is 0 Å². The van der Waals surface area contributed by atoms with E-state index in [4.69, 9.17) is 56.0 Å². The van der Waals surface area contributed by atoms with Crippen molar-refractivity contribution in [3.8, 4) is 0 Å². The first-order chi connectivity index (χ1) is 48.7. The quantitative estimate of drug-likeness (QED) is 0.0235. The molecular formula is C71H129N19O14. The number of primary amides is 1. The normalized spacial score (nSPS) is 14.8. The van der Waals surface area contributed by atoms with Crippen LogP contribution in [0.3, 0.4) is 0 Å². The average Bonchev–Trinajstić information content (AvgIpc) is 0.801. The molecule has 12 atom stereocenters. The molecule has 0 rings (SSSR count). The molecule has 0 saturated heterocycles. The summed E-state index contributed by atoms with van der Waals surface area (Å²) in [4.78, 5) is 180. The Bertz CT molecular complexity index is 2840. The van der Waals surface area contributed by atoms with E-state index in [2.05, 4.69) is 47.9 Å². The number of unbranched alkanes of at least 4 members (excludes halogenated alkanes) is 1. The van der Waals surface area contributed by atoms with Crippen LogP contribution in [-0.4, -0.2) is 168 Å². The SMILES string of the molecule is CC[C@H](C)[C@H](C)C(=O)C[C@@H](CCC(=O)O)C(=O)NCC(=O)C[C@@H](CC(C)C)C(=O)N[C@@H](CCCNC(=N)N)C(=O)C[C@@H](CCCCN)C(=O)N[C@@H](CCCNC(=N)N)C(=O)C[C@@H](CCCNC(=N)N)C(=O)N[C@@H](CCCNC(=N)N)C(=O)C[C@@H](CC(C)C)C(=O)N[C@@H](CC(C)C)C(=O)C[C@@H](C)C(N)=O. The van der Waals surface area contributed by atoms with Crippen molar-refractivity contribution in [2.75, 3.05) is 39.3 Å². The van der Waals surface area contributed by atoms with Gasteiger partial charge in [0.1, 0.15) is 5.78 Å². The van der Waals surface area contributed by atoms with Gasteiger partial charge in [0, 0.05) is 113 Å². The summed E-state index contributed by atoms with van der Waals surface area (Å²) in [7, 11) is 0. The molecule has 0 bridgehead atoms. The van der Waals surface area contributed by atoms with Crippen LogP contribution >= 0.6 is 0 Å². The summed E-state index contributed by atoms with van der Waals surface area (Å²) in [5.41, 5.74) is 33.7. The maximum Gasteiger partial charge on any atom is 0.303 e. The van der Waals surface area contributed by atoms with Gasteiger partial charge >= 0.3 is 5.97 Å².